The Morgan fingerprint density at radius 1 is 1.24 bits per heavy atom. The van der Waals surface area contributed by atoms with Gasteiger partial charge in [0.2, 0.25) is 5.91 Å². The quantitative estimate of drug-likeness (QED) is 0.763. The van der Waals surface area contributed by atoms with Gasteiger partial charge in [-0.2, -0.15) is 0 Å². The Balaban J connectivity index is 0.00000200. The minimum Gasteiger partial charge on any atom is -0.356 e. The van der Waals surface area contributed by atoms with E-state index in [0.29, 0.717) is 19.5 Å². The number of hydrogen-bond acceptors (Lipinski definition) is 3. The summed E-state index contributed by atoms with van der Waals surface area (Å²) in [4.78, 5) is 15.7. The van der Waals surface area contributed by atoms with E-state index in [2.05, 4.69) is 20.9 Å². The molecule has 2 rings (SSSR count). The molecule has 1 heterocycles. The second-order valence-electron chi connectivity index (χ2n) is 4.52. The second kappa shape index (κ2) is 10.4. The number of imidazole rings is 1. The first kappa shape index (κ1) is 19.7. The lowest BCUT2D eigenvalue weighted by Gasteiger charge is -2.06. The molecule has 0 fully saturated rings. The Kier molecular flexibility index (Phi) is 9.78. The third kappa shape index (κ3) is 5.91. The number of fused-ring (bicyclic) bond motifs is 1. The van der Waals surface area contributed by atoms with E-state index >= 15 is 0 Å². The van der Waals surface area contributed by atoms with Gasteiger partial charge in [-0.1, -0.05) is 12.1 Å². The number of amides is 1. The van der Waals surface area contributed by atoms with Crippen LogP contribution in [0.4, 0.5) is 0 Å². The largest absolute Gasteiger partial charge is 0.356 e. The van der Waals surface area contributed by atoms with Gasteiger partial charge in [0.25, 0.3) is 0 Å². The van der Waals surface area contributed by atoms with Crippen LogP contribution in [0.5, 0.6) is 0 Å². The topological polar surface area (TPSA) is 72.9 Å². The zero-order valence-electron chi connectivity index (χ0n) is 11.8. The molecule has 0 aliphatic carbocycles. The third-order valence-corrected chi connectivity index (χ3v) is 3.03. The van der Waals surface area contributed by atoms with E-state index in [-0.39, 0.29) is 30.7 Å². The molecule has 0 spiro atoms. The van der Waals surface area contributed by atoms with Crippen molar-refractivity contribution in [3.8, 4) is 0 Å². The number of halogens is 2. The molecule has 2 aromatic rings. The van der Waals surface area contributed by atoms with Crippen LogP contribution in [-0.2, 0) is 11.3 Å². The molecule has 1 aromatic heterocycles. The lowest BCUT2D eigenvalue weighted by atomic mass is 10.3. The van der Waals surface area contributed by atoms with Crippen molar-refractivity contribution in [2.24, 2.45) is 5.73 Å². The fourth-order valence-electron chi connectivity index (χ4n) is 2.02. The van der Waals surface area contributed by atoms with Crippen molar-refractivity contribution in [3.63, 3.8) is 0 Å². The number of benzene rings is 1. The molecule has 7 heteroatoms. The predicted octanol–water partition coefficient (Wildman–Crippen LogP) is 2.13. The highest BCUT2D eigenvalue weighted by molar-refractivity contribution is 5.85. The maximum Gasteiger partial charge on any atom is 0.220 e. The van der Waals surface area contributed by atoms with Crippen LogP contribution in [0, 0.1) is 0 Å². The summed E-state index contributed by atoms with van der Waals surface area (Å²) in [6, 6.07) is 8.05. The molecule has 0 aliphatic rings. The first-order chi connectivity index (χ1) is 9.31. The lowest BCUT2D eigenvalue weighted by molar-refractivity contribution is -0.121. The van der Waals surface area contributed by atoms with E-state index in [0.717, 1.165) is 30.4 Å². The Hall–Kier alpha value is -1.30. The molecule has 3 N–H and O–H groups in total. The summed E-state index contributed by atoms with van der Waals surface area (Å²) in [7, 11) is 0. The Morgan fingerprint density at radius 3 is 2.76 bits per heavy atom. The molecule has 0 radical (unpaired) electrons. The third-order valence-electron chi connectivity index (χ3n) is 3.03. The van der Waals surface area contributed by atoms with Gasteiger partial charge in [-0.25, -0.2) is 4.98 Å². The summed E-state index contributed by atoms with van der Waals surface area (Å²) in [5.74, 6) is 0.0842. The molecule has 0 atom stereocenters. The highest BCUT2D eigenvalue weighted by Crippen LogP contribution is 2.11. The molecule has 1 amide bonds. The monoisotopic (exact) mass is 332 g/mol. The van der Waals surface area contributed by atoms with Gasteiger partial charge < -0.3 is 15.6 Å². The molecule has 1 aromatic carbocycles. The van der Waals surface area contributed by atoms with Crippen molar-refractivity contribution in [1.82, 2.24) is 14.9 Å². The second-order valence-corrected chi connectivity index (χ2v) is 4.52. The van der Waals surface area contributed by atoms with Gasteiger partial charge in [0.1, 0.15) is 0 Å². The Morgan fingerprint density at radius 2 is 2.00 bits per heavy atom. The summed E-state index contributed by atoms with van der Waals surface area (Å²) in [6.45, 7) is 2.11. The van der Waals surface area contributed by atoms with Crippen LogP contribution in [0.25, 0.3) is 11.0 Å². The molecule has 0 unspecified atom stereocenters. The summed E-state index contributed by atoms with van der Waals surface area (Å²) in [6.07, 6.45) is 4.01. The van der Waals surface area contributed by atoms with E-state index < -0.39 is 0 Å². The maximum atomic E-state index is 11.4. The fraction of sp³-hybridized carbons (Fsp3) is 0.429. The smallest absolute Gasteiger partial charge is 0.220 e. The fourth-order valence-corrected chi connectivity index (χ4v) is 2.02. The molecule has 21 heavy (non-hydrogen) atoms. The number of aromatic nitrogens is 2. The van der Waals surface area contributed by atoms with Crippen molar-refractivity contribution in [1.29, 1.82) is 0 Å². The summed E-state index contributed by atoms with van der Waals surface area (Å²) < 4.78 is 2.11. The molecule has 0 saturated heterocycles. The molecule has 0 aliphatic heterocycles. The summed E-state index contributed by atoms with van der Waals surface area (Å²) >= 11 is 0. The number of carbonyl (C=O) groups excluding carboxylic acids is 1. The lowest BCUT2D eigenvalue weighted by Crippen LogP contribution is -2.25. The Labute approximate surface area is 137 Å². The van der Waals surface area contributed by atoms with Crippen molar-refractivity contribution >= 4 is 41.8 Å². The first-order valence-electron chi connectivity index (χ1n) is 6.68. The molecular formula is C14H22Cl2N4O. The number of nitrogens with zero attached hydrogens (tertiary/aromatic N) is 2. The Bertz CT molecular complexity index is 545. The summed E-state index contributed by atoms with van der Waals surface area (Å²) in [5, 5.41) is 2.90. The van der Waals surface area contributed by atoms with E-state index in [4.69, 9.17) is 5.73 Å². The van der Waals surface area contributed by atoms with Gasteiger partial charge in [0.05, 0.1) is 17.4 Å². The van der Waals surface area contributed by atoms with E-state index in [1.165, 1.54) is 0 Å². The highest BCUT2D eigenvalue weighted by Gasteiger charge is 2.02. The van der Waals surface area contributed by atoms with Gasteiger partial charge in [-0.3, -0.25) is 4.79 Å². The van der Waals surface area contributed by atoms with Crippen molar-refractivity contribution in [2.45, 2.75) is 25.8 Å². The van der Waals surface area contributed by atoms with Crippen LogP contribution in [0.1, 0.15) is 19.3 Å². The number of carbonyl (C=O) groups is 1. The van der Waals surface area contributed by atoms with Crippen LogP contribution in [-0.4, -0.2) is 28.5 Å². The van der Waals surface area contributed by atoms with E-state index in [1.807, 2.05) is 24.5 Å². The van der Waals surface area contributed by atoms with Crippen LogP contribution in [0.15, 0.2) is 30.6 Å². The average molecular weight is 333 g/mol. The predicted molar refractivity (Wildman–Crippen MR) is 90.1 cm³/mol. The van der Waals surface area contributed by atoms with Gasteiger partial charge in [0.15, 0.2) is 0 Å². The normalized spacial score (nSPS) is 9.76. The van der Waals surface area contributed by atoms with E-state index in [1.54, 1.807) is 0 Å². The van der Waals surface area contributed by atoms with Gasteiger partial charge >= 0.3 is 0 Å². The standard InChI is InChI=1S/C14H20N4O.2ClH/c15-8-3-7-14(19)16-9-4-10-18-11-17-12-5-1-2-6-13(12)18;;/h1-2,5-6,11H,3-4,7-10,15H2,(H,16,19);2*1H. The zero-order chi connectivity index (χ0) is 13.5. The van der Waals surface area contributed by atoms with Crippen LogP contribution < -0.4 is 11.1 Å². The minimum atomic E-state index is 0. The summed E-state index contributed by atoms with van der Waals surface area (Å²) in [5.41, 5.74) is 7.50. The number of rotatable bonds is 7. The maximum absolute atomic E-state index is 11.4. The first-order valence-corrected chi connectivity index (χ1v) is 6.68. The molecule has 0 bridgehead atoms. The average Bonchev–Trinajstić information content (AvgIpc) is 2.85. The molecule has 118 valence electrons. The number of aryl methyl sites for hydroxylation is 1. The number of hydrogen-bond donors (Lipinski definition) is 2. The molecule has 0 saturated carbocycles. The SMILES string of the molecule is Cl.Cl.NCCCC(=O)NCCCn1cnc2ccccc21. The van der Waals surface area contributed by atoms with Gasteiger partial charge in [-0.05, 0) is 31.5 Å². The van der Waals surface area contributed by atoms with Crippen LogP contribution in [0.3, 0.4) is 0 Å². The minimum absolute atomic E-state index is 0. The van der Waals surface area contributed by atoms with Gasteiger partial charge in [0, 0.05) is 19.5 Å². The van der Waals surface area contributed by atoms with E-state index in [9.17, 15) is 4.79 Å². The van der Waals surface area contributed by atoms with Gasteiger partial charge in [-0.15, -0.1) is 24.8 Å². The van der Waals surface area contributed by atoms with Crippen LogP contribution >= 0.6 is 24.8 Å². The molecule has 5 nitrogen and oxygen atoms in total. The van der Waals surface area contributed by atoms with Crippen molar-refractivity contribution in [2.75, 3.05) is 13.1 Å². The number of nitrogens with two attached hydrogens (primary N) is 1. The highest BCUT2D eigenvalue weighted by atomic mass is 35.5. The van der Waals surface area contributed by atoms with Crippen molar-refractivity contribution < 1.29 is 4.79 Å². The van der Waals surface area contributed by atoms with Crippen molar-refractivity contribution in [3.05, 3.63) is 30.6 Å². The zero-order valence-corrected chi connectivity index (χ0v) is 13.5. The van der Waals surface area contributed by atoms with Crippen LogP contribution in [0.2, 0.25) is 0 Å². The number of para-hydroxylation sites is 2. The number of nitrogens with one attached hydrogen (secondary N) is 1. The molecular weight excluding hydrogens is 311 g/mol.